The van der Waals surface area contributed by atoms with Crippen LogP contribution >= 0.6 is 23.1 Å². The molecule has 2 aromatic heterocycles. The van der Waals surface area contributed by atoms with E-state index in [1.807, 2.05) is 17.5 Å². The minimum absolute atomic E-state index is 0.00287. The summed E-state index contributed by atoms with van der Waals surface area (Å²) in [4.78, 5) is 39.3. The first-order valence-electron chi connectivity index (χ1n) is 9.12. The smallest absolute Gasteiger partial charge is 0.309 e. The molecule has 1 aromatic carbocycles. The number of hydrogen-bond acceptors (Lipinski definition) is 8. The number of hydrogen-bond donors (Lipinski definition) is 1. The average Bonchev–Trinajstić information content (AvgIpc) is 3.44. The van der Waals surface area contributed by atoms with Crippen molar-refractivity contribution >= 4 is 57.6 Å². The van der Waals surface area contributed by atoms with Gasteiger partial charge in [0.1, 0.15) is 11.0 Å². The molecule has 3 heterocycles. The van der Waals surface area contributed by atoms with Crippen molar-refractivity contribution in [2.45, 2.75) is 12.8 Å². The Hall–Kier alpha value is -2.85. The molecule has 1 aliphatic heterocycles. The largest absolute Gasteiger partial charge is 0.455 e. The van der Waals surface area contributed by atoms with Gasteiger partial charge in [-0.3, -0.25) is 14.4 Å². The van der Waals surface area contributed by atoms with Gasteiger partial charge in [0.15, 0.2) is 6.61 Å². The number of piperidine rings is 1. The Kier molecular flexibility index (Phi) is 5.81. The molecule has 0 saturated carbocycles. The molecule has 8 nitrogen and oxygen atoms in total. The number of carbonyl (C=O) groups is 3. The lowest BCUT2D eigenvalue weighted by molar-refractivity contribution is -0.152. The second kappa shape index (κ2) is 8.66. The Morgan fingerprint density at radius 3 is 2.72 bits per heavy atom. The number of carbonyl (C=O) groups excluding carboxylic acids is 3. The number of anilines is 1. The molecule has 10 heteroatoms. The van der Waals surface area contributed by atoms with Crippen LogP contribution in [0.4, 0.5) is 5.69 Å². The Balaban J connectivity index is 1.24. The van der Waals surface area contributed by atoms with Gasteiger partial charge in [-0.05, 0) is 36.4 Å². The van der Waals surface area contributed by atoms with Crippen LogP contribution in [0.2, 0.25) is 0 Å². The van der Waals surface area contributed by atoms with Crippen molar-refractivity contribution in [2.75, 3.05) is 25.0 Å². The number of amides is 2. The zero-order valence-electron chi connectivity index (χ0n) is 15.4. The Morgan fingerprint density at radius 2 is 1.97 bits per heavy atom. The van der Waals surface area contributed by atoms with E-state index in [9.17, 15) is 14.4 Å². The molecular formula is C19H18N4O4S2. The van der Waals surface area contributed by atoms with Gasteiger partial charge >= 0.3 is 5.97 Å². The van der Waals surface area contributed by atoms with Gasteiger partial charge in [0.25, 0.3) is 11.8 Å². The van der Waals surface area contributed by atoms with E-state index in [1.165, 1.54) is 11.3 Å². The van der Waals surface area contributed by atoms with Crippen molar-refractivity contribution < 1.29 is 19.1 Å². The van der Waals surface area contributed by atoms with Crippen LogP contribution in [-0.2, 0) is 14.3 Å². The second-order valence-corrected chi connectivity index (χ2v) is 8.11. The van der Waals surface area contributed by atoms with E-state index in [2.05, 4.69) is 14.1 Å². The summed E-state index contributed by atoms with van der Waals surface area (Å²) in [6, 6.07) is 8.96. The van der Waals surface area contributed by atoms with Gasteiger partial charge in [-0.2, -0.15) is 8.75 Å². The van der Waals surface area contributed by atoms with Crippen LogP contribution in [0.1, 0.15) is 22.5 Å². The van der Waals surface area contributed by atoms with Gasteiger partial charge in [-0.1, -0.05) is 12.1 Å². The van der Waals surface area contributed by atoms with E-state index in [0.717, 1.165) is 11.7 Å². The van der Waals surface area contributed by atoms with E-state index in [-0.39, 0.29) is 18.4 Å². The molecule has 1 fully saturated rings. The lowest BCUT2D eigenvalue weighted by Gasteiger charge is -2.30. The highest BCUT2D eigenvalue weighted by Crippen LogP contribution is 2.23. The lowest BCUT2D eigenvalue weighted by Crippen LogP contribution is -2.40. The molecule has 1 saturated heterocycles. The first kappa shape index (κ1) is 19.5. The number of likely N-dealkylation sites (tertiary alicyclic amines) is 1. The number of esters is 1. The second-order valence-electron chi connectivity index (χ2n) is 6.64. The summed E-state index contributed by atoms with van der Waals surface area (Å²) < 4.78 is 13.5. The summed E-state index contributed by atoms with van der Waals surface area (Å²) in [6.45, 7) is 0.643. The van der Waals surface area contributed by atoms with Crippen molar-refractivity contribution in [1.29, 1.82) is 0 Å². The zero-order valence-corrected chi connectivity index (χ0v) is 17.0. The predicted octanol–water partition coefficient (Wildman–Crippen LogP) is 2.79. The number of rotatable bonds is 5. The maximum Gasteiger partial charge on any atom is 0.309 e. The van der Waals surface area contributed by atoms with Crippen molar-refractivity contribution in [3.05, 3.63) is 40.6 Å². The van der Waals surface area contributed by atoms with Crippen LogP contribution in [0.25, 0.3) is 11.0 Å². The Labute approximate surface area is 174 Å². The number of benzene rings is 1. The van der Waals surface area contributed by atoms with E-state index in [0.29, 0.717) is 47.5 Å². The maximum absolute atomic E-state index is 12.4. The van der Waals surface area contributed by atoms with Gasteiger partial charge in [-0.25, -0.2) is 0 Å². The maximum atomic E-state index is 12.4. The van der Waals surface area contributed by atoms with Crippen molar-refractivity contribution in [3.8, 4) is 0 Å². The molecule has 1 aliphatic rings. The molecule has 0 atom stereocenters. The minimum Gasteiger partial charge on any atom is -0.455 e. The normalized spacial score (nSPS) is 14.7. The Morgan fingerprint density at radius 1 is 1.14 bits per heavy atom. The van der Waals surface area contributed by atoms with E-state index in [1.54, 1.807) is 23.1 Å². The van der Waals surface area contributed by atoms with E-state index >= 15 is 0 Å². The molecule has 0 spiro atoms. The minimum atomic E-state index is -0.427. The highest BCUT2D eigenvalue weighted by molar-refractivity contribution is 7.12. The summed E-state index contributed by atoms with van der Waals surface area (Å²) in [5.41, 5.74) is 1.85. The van der Waals surface area contributed by atoms with Gasteiger partial charge in [0.2, 0.25) is 0 Å². The fraction of sp³-hybridized carbons (Fsp3) is 0.316. The molecule has 0 bridgehead atoms. The summed E-state index contributed by atoms with van der Waals surface area (Å²) in [5, 5.41) is 4.57. The highest BCUT2D eigenvalue weighted by atomic mass is 32.1. The van der Waals surface area contributed by atoms with Crippen molar-refractivity contribution in [3.63, 3.8) is 0 Å². The average molecular weight is 431 g/mol. The van der Waals surface area contributed by atoms with Crippen LogP contribution in [0.3, 0.4) is 0 Å². The number of nitrogens with zero attached hydrogens (tertiary/aromatic N) is 3. The predicted molar refractivity (Wildman–Crippen MR) is 110 cm³/mol. The first-order chi connectivity index (χ1) is 14.1. The summed E-state index contributed by atoms with van der Waals surface area (Å²) in [5.74, 6) is -1.14. The fourth-order valence-electron chi connectivity index (χ4n) is 3.22. The van der Waals surface area contributed by atoms with Crippen LogP contribution in [-0.4, -0.2) is 51.1 Å². The third kappa shape index (κ3) is 4.43. The summed E-state index contributed by atoms with van der Waals surface area (Å²) in [6.07, 6.45) is 1.06. The number of fused-ring (bicyclic) bond motifs is 1. The monoisotopic (exact) mass is 430 g/mol. The standard InChI is InChI=1S/C19H18N4O4S2/c24-16(20-13-3-1-4-14-17(13)22-29-21-14)11-27-19(26)12-6-8-23(9-7-12)18(25)15-5-2-10-28-15/h1-5,10,12H,6-9,11H2,(H,20,24). The Bertz CT molecular complexity index is 1030. The fourth-order valence-corrected chi connectivity index (χ4v) is 4.46. The van der Waals surface area contributed by atoms with Gasteiger partial charge in [0.05, 0.1) is 28.2 Å². The van der Waals surface area contributed by atoms with Crippen LogP contribution in [0, 0.1) is 5.92 Å². The molecule has 2 amide bonds. The van der Waals surface area contributed by atoms with Crippen LogP contribution in [0.5, 0.6) is 0 Å². The van der Waals surface area contributed by atoms with Crippen LogP contribution < -0.4 is 5.32 Å². The molecule has 0 radical (unpaired) electrons. The third-order valence-electron chi connectivity index (χ3n) is 4.75. The number of nitrogens with one attached hydrogen (secondary N) is 1. The van der Waals surface area contributed by atoms with Crippen molar-refractivity contribution in [2.24, 2.45) is 5.92 Å². The van der Waals surface area contributed by atoms with Gasteiger partial charge in [0, 0.05) is 13.1 Å². The molecule has 29 heavy (non-hydrogen) atoms. The molecular weight excluding hydrogens is 412 g/mol. The molecule has 150 valence electrons. The van der Waals surface area contributed by atoms with E-state index in [4.69, 9.17) is 4.74 Å². The summed E-state index contributed by atoms with van der Waals surface area (Å²) in [7, 11) is 0. The highest BCUT2D eigenvalue weighted by Gasteiger charge is 2.29. The summed E-state index contributed by atoms with van der Waals surface area (Å²) >= 11 is 2.48. The topological polar surface area (TPSA) is 101 Å². The molecule has 3 aromatic rings. The van der Waals surface area contributed by atoms with Gasteiger partial charge < -0.3 is 15.0 Å². The lowest BCUT2D eigenvalue weighted by atomic mass is 9.97. The number of thiophene rings is 1. The molecule has 4 rings (SSSR count). The van der Waals surface area contributed by atoms with Crippen LogP contribution in [0.15, 0.2) is 35.7 Å². The first-order valence-corrected chi connectivity index (χ1v) is 10.7. The quantitative estimate of drug-likeness (QED) is 0.625. The molecule has 0 unspecified atom stereocenters. The molecule has 1 N–H and O–H groups in total. The SMILES string of the molecule is O=C(COC(=O)C1CCN(C(=O)c2cccs2)CC1)Nc1cccc2nsnc12. The number of ether oxygens (including phenoxy) is 1. The number of aromatic nitrogens is 2. The zero-order chi connectivity index (χ0) is 20.2. The van der Waals surface area contributed by atoms with E-state index < -0.39 is 11.9 Å². The van der Waals surface area contributed by atoms with Crippen molar-refractivity contribution in [1.82, 2.24) is 13.6 Å². The van der Waals surface area contributed by atoms with Gasteiger partial charge in [-0.15, -0.1) is 11.3 Å². The molecule has 0 aliphatic carbocycles. The third-order valence-corrected chi connectivity index (χ3v) is 6.15.